The number of nitriles is 1. The van der Waals surface area contributed by atoms with Crippen molar-refractivity contribution in [2.45, 2.75) is 19.8 Å². The molecule has 0 aliphatic rings. The Labute approximate surface area is 131 Å². The van der Waals surface area contributed by atoms with Gasteiger partial charge in [-0.1, -0.05) is 0 Å². The molecule has 1 aromatic carbocycles. The molecule has 8 heteroatoms. The third kappa shape index (κ3) is 4.98. The van der Waals surface area contributed by atoms with E-state index in [2.05, 4.69) is 0 Å². The first-order chi connectivity index (χ1) is 10.9. The van der Waals surface area contributed by atoms with Gasteiger partial charge in [-0.25, -0.2) is 13.2 Å². The van der Waals surface area contributed by atoms with Crippen LogP contribution in [0, 0.1) is 28.8 Å². The molecule has 0 bridgehead atoms. The van der Waals surface area contributed by atoms with Crippen LogP contribution in [0.25, 0.3) is 0 Å². The summed E-state index contributed by atoms with van der Waals surface area (Å²) in [7, 11) is 0. The lowest BCUT2D eigenvalue weighted by atomic mass is 10.1. The summed E-state index contributed by atoms with van der Waals surface area (Å²) in [6.07, 6.45) is -0.212. The number of benzene rings is 1. The van der Waals surface area contributed by atoms with Crippen molar-refractivity contribution in [2.75, 3.05) is 19.7 Å². The fourth-order valence-corrected chi connectivity index (χ4v) is 1.82. The highest BCUT2D eigenvalue weighted by Gasteiger charge is 2.23. The van der Waals surface area contributed by atoms with E-state index in [0.717, 1.165) is 11.0 Å². The number of hydrogen-bond donors (Lipinski definition) is 0. The van der Waals surface area contributed by atoms with Crippen molar-refractivity contribution in [3.05, 3.63) is 35.1 Å². The highest BCUT2D eigenvalue weighted by Crippen LogP contribution is 2.17. The fourth-order valence-electron chi connectivity index (χ4n) is 1.82. The zero-order valence-corrected chi connectivity index (χ0v) is 12.4. The van der Waals surface area contributed by atoms with Crippen molar-refractivity contribution in [3.8, 4) is 6.07 Å². The molecule has 0 aromatic heterocycles. The van der Waals surface area contributed by atoms with Crippen molar-refractivity contribution in [2.24, 2.45) is 0 Å². The first-order valence-electron chi connectivity index (χ1n) is 6.87. The summed E-state index contributed by atoms with van der Waals surface area (Å²) in [6, 6.07) is 3.27. The second kappa shape index (κ2) is 8.78. The molecule has 0 saturated heterocycles. The van der Waals surface area contributed by atoms with Crippen LogP contribution in [0.3, 0.4) is 0 Å². The van der Waals surface area contributed by atoms with Gasteiger partial charge in [0.25, 0.3) is 5.91 Å². The Morgan fingerprint density at radius 2 is 1.91 bits per heavy atom. The van der Waals surface area contributed by atoms with Crippen LogP contribution in [0.2, 0.25) is 0 Å². The normalized spacial score (nSPS) is 10.0. The van der Waals surface area contributed by atoms with Gasteiger partial charge < -0.3 is 9.64 Å². The Kier molecular flexibility index (Phi) is 7.06. The van der Waals surface area contributed by atoms with Crippen molar-refractivity contribution >= 4 is 11.9 Å². The molecule has 0 saturated carbocycles. The predicted molar refractivity (Wildman–Crippen MR) is 73.7 cm³/mol. The monoisotopic (exact) mass is 328 g/mol. The fraction of sp³-hybridized carbons (Fsp3) is 0.400. The third-order valence-corrected chi connectivity index (χ3v) is 2.94. The molecule has 0 aliphatic heterocycles. The number of amides is 1. The van der Waals surface area contributed by atoms with E-state index in [4.69, 9.17) is 10.00 Å². The first kappa shape index (κ1) is 18.5. The van der Waals surface area contributed by atoms with E-state index in [9.17, 15) is 22.8 Å². The van der Waals surface area contributed by atoms with Crippen LogP contribution < -0.4 is 0 Å². The van der Waals surface area contributed by atoms with Crippen LogP contribution in [0.15, 0.2) is 12.1 Å². The number of carbonyl (C=O) groups excluding carboxylic acids is 2. The van der Waals surface area contributed by atoms with E-state index in [-0.39, 0.29) is 32.5 Å². The van der Waals surface area contributed by atoms with Gasteiger partial charge in [0.15, 0.2) is 17.5 Å². The van der Waals surface area contributed by atoms with Gasteiger partial charge in [0, 0.05) is 13.1 Å². The highest BCUT2D eigenvalue weighted by molar-refractivity contribution is 5.94. The van der Waals surface area contributed by atoms with Crippen LogP contribution in [0.1, 0.15) is 30.1 Å². The summed E-state index contributed by atoms with van der Waals surface area (Å²) >= 11 is 0. The molecule has 0 fully saturated rings. The summed E-state index contributed by atoms with van der Waals surface area (Å²) in [5, 5.41) is 8.60. The lowest BCUT2D eigenvalue weighted by Gasteiger charge is -2.21. The maximum Gasteiger partial charge on any atom is 0.307 e. The number of nitrogens with zero attached hydrogens (tertiary/aromatic N) is 2. The van der Waals surface area contributed by atoms with Gasteiger partial charge in [-0.05, 0) is 19.1 Å². The lowest BCUT2D eigenvalue weighted by Crippen LogP contribution is -2.35. The van der Waals surface area contributed by atoms with E-state index < -0.39 is 34.9 Å². The molecule has 0 atom stereocenters. The average molecular weight is 328 g/mol. The second-order valence-corrected chi connectivity index (χ2v) is 4.48. The molecule has 0 aliphatic carbocycles. The van der Waals surface area contributed by atoms with Crippen LogP contribution in [-0.2, 0) is 9.53 Å². The van der Waals surface area contributed by atoms with Crippen molar-refractivity contribution in [3.63, 3.8) is 0 Å². The maximum atomic E-state index is 13.7. The van der Waals surface area contributed by atoms with Gasteiger partial charge >= 0.3 is 5.97 Å². The van der Waals surface area contributed by atoms with Gasteiger partial charge in [-0.2, -0.15) is 5.26 Å². The summed E-state index contributed by atoms with van der Waals surface area (Å²) in [5.41, 5.74) is -0.661. The number of halogens is 3. The van der Waals surface area contributed by atoms with Crippen LogP contribution in [-0.4, -0.2) is 36.5 Å². The predicted octanol–water partition coefficient (Wildman–Crippen LogP) is 2.41. The van der Waals surface area contributed by atoms with E-state index in [1.54, 1.807) is 6.92 Å². The molecule has 23 heavy (non-hydrogen) atoms. The van der Waals surface area contributed by atoms with Crippen LogP contribution >= 0.6 is 0 Å². The maximum absolute atomic E-state index is 13.7. The molecule has 1 rings (SSSR count). The van der Waals surface area contributed by atoms with Crippen LogP contribution in [0.5, 0.6) is 0 Å². The molecule has 0 unspecified atom stereocenters. The smallest absolute Gasteiger partial charge is 0.307 e. The summed E-state index contributed by atoms with van der Waals surface area (Å²) in [6.45, 7) is 1.58. The van der Waals surface area contributed by atoms with E-state index in [0.29, 0.717) is 6.07 Å². The zero-order chi connectivity index (χ0) is 17.4. The standard InChI is InChI=1S/C15H15F3N2O3/c1-2-23-12(21)6-9-20(8-3-7-19)15(22)10-4-5-11(16)14(18)13(10)17/h4-5H,2-3,6,8-9H2,1H3. The quantitative estimate of drug-likeness (QED) is 0.569. The molecule has 1 amide bonds. The molecule has 0 heterocycles. The van der Waals surface area contributed by atoms with E-state index in [1.807, 2.05) is 6.07 Å². The molecule has 0 N–H and O–H groups in total. The van der Waals surface area contributed by atoms with Gasteiger partial charge in [0.2, 0.25) is 0 Å². The largest absolute Gasteiger partial charge is 0.466 e. The van der Waals surface area contributed by atoms with Gasteiger partial charge in [0.1, 0.15) is 0 Å². The minimum atomic E-state index is -1.75. The second-order valence-electron chi connectivity index (χ2n) is 4.48. The topological polar surface area (TPSA) is 70.4 Å². The zero-order valence-electron chi connectivity index (χ0n) is 12.4. The molecule has 0 radical (unpaired) electrons. The third-order valence-electron chi connectivity index (χ3n) is 2.94. The number of hydrogen-bond acceptors (Lipinski definition) is 4. The van der Waals surface area contributed by atoms with Gasteiger partial charge in [-0.3, -0.25) is 9.59 Å². The number of rotatable bonds is 7. The Hall–Kier alpha value is -2.56. The summed E-state index contributed by atoms with van der Waals surface area (Å²) < 4.78 is 44.6. The Morgan fingerprint density at radius 3 is 2.52 bits per heavy atom. The number of ether oxygens (including phenoxy) is 1. The Balaban J connectivity index is 2.93. The number of carbonyl (C=O) groups is 2. The van der Waals surface area contributed by atoms with Crippen LogP contribution in [0.4, 0.5) is 13.2 Å². The van der Waals surface area contributed by atoms with E-state index in [1.165, 1.54) is 0 Å². The molecule has 124 valence electrons. The first-order valence-corrected chi connectivity index (χ1v) is 6.87. The Bertz CT molecular complexity index is 629. The highest BCUT2D eigenvalue weighted by atomic mass is 19.2. The Morgan fingerprint density at radius 1 is 1.22 bits per heavy atom. The molecular weight excluding hydrogens is 313 g/mol. The van der Waals surface area contributed by atoms with Gasteiger partial charge in [0.05, 0.1) is 31.1 Å². The van der Waals surface area contributed by atoms with Crippen molar-refractivity contribution in [1.29, 1.82) is 5.26 Å². The summed E-state index contributed by atoms with van der Waals surface area (Å²) in [4.78, 5) is 24.6. The average Bonchev–Trinajstić information content (AvgIpc) is 2.52. The van der Waals surface area contributed by atoms with Gasteiger partial charge in [-0.15, -0.1) is 0 Å². The van der Waals surface area contributed by atoms with E-state index >= 15 is 0 Å². The molecular formula is C15H15F3N2O3. The molecule has 1 aromatic rings. The lowest BCUT2D eigenvalue weighted by molar-refractivity contribution is -0.143. The van der Waals surface area contributed by atoms with Crippen molar-refractivity contribution < 1.29 is 27.5 Å². The van der Waals surface area contributed by atoms with Crippen molar-refractivity contribution in [1.82, 2.24) is 4.90 Å². The number of esters is 1. The SMILES string of the molecule is CCOC(=O)CCN(CCC#N)C(=O)c1ccc(F)c(F)c1F. The minimum Gasteiger partial charge on any atom is -0.466 e. The minimum absolute atomic E-state index is 0.0557. The summed E-state index contributed by atoms with van der Waals surface area (Å²) in [5.74, 6) is -6.25. The molecule has 0 spiro atoms. The molecule has 5 nitrogen and oxygen atoms in total.